The first-order valence-electron chi connectivity index (χ1n) is 7.91. The number of aryl methyl sites for hydroxylation is 1. The molecule has 0 atom stereocenters. The summed E-state index contributed by atoms with van der Waals surface area (Å²) in [5, 5.41) is 0. The Bertz CT molecular complexity index is 764. The van der Waals surface area contributed by atoms with Crippen molar-refractivity contribution in [2.75, 3.05) is 13.1 Å². The van der Waals surface area contributed by atoms with Crippen molar-refractivity contribution in [3.63, 3.8) is 0 Å². The number of imidazole rings is 1. The number of rotatable bonds is 3. The number of piperidine rings is 1. The maximum atomic E-state index is 4.55. The number of aromatic amines is 1. The minimum Gasteiger partial charge on any atom is -0.360 e. The molecule has 22 heavy (non-hydrogen) atoms. The lowest BCUT2D eigenvalue weighted by Crippen LogP contribution is -2.33. The van der Waals surface area contributed by atoms with E-state index >= 15 is 0 Å². The van der Waals surface area contributed by atoms with Crippen LogP contribution in [-0.4, -0.2) is 37.5 Å². The van der Waals surface area contributed by atoms with Crippen molar-refractivity contribution in [2.24, 2.45) is 7.05 Å². The van der Waals surface area contributed by atoms with Crippen LogP contribution < -0.4 is 0 Å². The van der Waals surface area contributed by atoms with Crippen molar-refractivity contribution in [1.82, 2.24) is 24.4 Å². The van der Waals surface area contributed by atoms with Crippen molar-refractivity contribution in [1.29, 1.82) is 0 Å². The summed E-state index contributed by atoms with van der Waals surface area (Å²) in [6, 6.07) is 4.09. The van der Waals surface area contributed by atoms with E-state index in [0.29, 0.717) is 5.92 Å². The number of nitrogens with zero attached hydrogens (tertiary/aromatic N) is 4. The molecule has 4 heterocycles. The molecule has 5 heteroatoms. The Hall–Kier alpha value is -2.14. The molecule has 1 N–H and O–H groups in total. The van der Waals surface area contributed by atoms with Crippen LogP contribution >= 0.6 is 0 Å². The molecular formula is C17H21N5. The zero-order valence-corrected chi connectivity index (χ0v) is 12.9. The highest BCUT2D eigenvalue weighted by atomic mass is 15.2. The van der Waals surface area contributed by atoms with Crippen LogP contribution in [0, 0.1) is 0 Å². The molecule has 4 rings (SSSR count). The molecule has 114 valence electrons. The molecule has 0 saturated carbocycles. The van der Waals surface area contributed by atoms with Crippen LogP contribution in [0.4, 0.5) is 0 Å². The zero-order chi connectivity index (χ0) is 14.9. The Kier molecular flexibility index (Phi) is 3.42. The highest BCUT2D eigenvalue weighted by Gasteiger charge is 2.23. The second kappa shape index (κ2) is 5.57. The van der Waals surface area contributed by atoms with Crippen LogP contribution in [0.25, 0.3) is 11.0 Å². The number of hydrogen-bond acceptors (Lipinski definition) is 3. The molecule has 0 amide bonds. The molecule has 0 bridgehead atoms. The van der Waals surface area contributed by atoms with E-state index in [-0.39, 0.29) is 0 Å². The van der Waals surface area contributed by atoms with Gasteiger partial charge in [0, 0.05) is 32.2 Å². The Labute approximate surface area is 130 Å². The molecular weight excluding hydrogens is 274 g/mol. The van der Waals surface area contributed by atoms with E-state index in [9.17, 15) is 0 Å². The average Bonchev–Trinajstić information content (AvgIpc) is 3.15. The quantitative estimate of drug-likeness (QED) is 0.808. The van der Waals surface area contributed by atoms with E-state index < -0.39 is 0 Å². The highest BCUT2D eigenvalue weighted by molar-refractivity contribution is 5.79. The summed E-state index contributed by atoms with van der Waals surface area (Å²) in [5.41, 5.74) is 4.96. The van der Waals surface area contributed by atoms with Gasteiger partial charge >= 0.3 is 0 Å². The Morgan fingerprint density at radius 3 is 2.95 bits per heavy atom. The molecule has 3 aromatic heterocycles. The lowest BCUT2D eigenvalue weighted by Gasteiger charge is -2.31. The van der Waals surface area contributed by atoms with Crippen molar-refractivity contribution in [2.45, 2.75) is 25.3 Å². The molecule has 0 aromatic carbocycles. The van der Waals surface area contributed by atoms with Crippen molar-refractivity contribution < 1.29 is 0 Å². The van der Waals surface area contributed by atoms with Gasteiger partial charge < -0.3 is 9.55 Å². The van der Waals surface area contributed by atoms with Crippen LogP contribution in [0.2, 0.25) is 0 Å². The molecule has 0 aliphatic carbocycles. The van der Waals surface area contributed by atoms with Crippen molar-refractivity contribution in [3.05, 3.63) is 48.3 Å². The summed E-state index contributed by atoms with van der Waals surface area (Å²) in [6.07, 6.45) is 10.3. The highest BCUT2D eigenvalue weighted by Crippen LogP contribution is 2.32. The van der Waals surface area contributed by atoms with Crippen molar-refractivity contribution >= 4 is 11.0 Å². The first kappa shape index (κ1) is 13.5. The van der Waals surface area contributed by atoms with Gasteiger partial charge in [-0.2, -0.15) is 0 Å². The van der Waals surface area contributed by atoms with Gasteiger partial charge in [0.15, 0.2) is 0 Å². The average molecular weight is 295 g/mol. The monoisotopic (exact) mass is 295 g/mol. The molecule has 0 unspecified atom stereocenters. The first-order valence-corrected chi connectivity index (χ1v) is 7.91. The van der Waals surface area contributed by atoms with Crippen LogP contribution in [0.1, 0.15) is 30.0 Å². The smallest absolute Gasteiger partial charge is 0.0945 e. The van der Waals surface area contributed by atoms with E-state index in [1.807, 2.05) is 24.8 Å². The summed E-state index contributed by atoms with van der Waals surface area (Å²) in [6.45, 7) is 3.26. The van der Waals surface area contributed by atoms with E-state index in [0.717, 1.165) is 30.7 Å². The number of pyridine rings is 1. The van der Waals surface area contributed by atoms with Gasteiger partial charge in [0.2, 0.25) is 0 Å². The van der Waals surface area contributed by atoms with E-state index in [1.165, 1.54) is 24.1 Å². The number of fused-ring (bicyclic) bond motifs is 1. The Morgan fingerprint density at radius 1 is 1.32 bits per heavy atom. The maximum Gasteiger partial charge on any atom is 0.0945 e. The molecule has 5 nitrogen and oxygen atoms in total. The minimum atomic E-state index is 0.617. The molecule has 0 radical (unpaired) electrons. The third kappa shape index (κ3) is 2.41. The van der Waals surface area contributed by atoms with Crippen molar-refractivity contribution in [3.8, 4) is 0 Å². The standard InChI is InChI=1S/C17H21N5/c1-21-12-18-9-14(21)11-22-7-4-13(5-8-22)15-10-20-16-3-2-6-19-17(15)16/h2-3,6,9-10,12-13,20H,4-5,7-8,11H2,1H3. The summed E-state index contributed by atoms with van der Waals surface area (Å²) in [7, 11) is 2.06. The largest absolute Gasteiger partial charge is 0.360 e. The Balaban J connectivity index is 1.44. The topological polar surface area (TPSA) is 49.7 Å². The maximum absolute atomic E-state index is 4.55. The van der Waals surface area contributed by atoms with Gasteiger partial charge in [-0.25, -0.2) is 4.98 Å². The summed E-state index contributed by atoms with van der Waals surface area (Å²) < 4.78 is 2.11. The molecule has 1 fully saturated rings. The molecule has 0 spiro atoms. The third-order valence-electron chi connectivity index (χ3n) is 4.79. The van der Waals surface area contributed by atoms with E-state index in [4.69, 9.17) is 0 Å². The van der Waals surface area contributed by atoms with Crippen LogP contribution in [0.3, 0.4) is 0 Å². The number of H-pyrrole nitrogens is 1. The van der Waals surface area contributed by atoms with Gasteiger partial charge in [0.1, 0.15) is 0 Å². The first-order chi connectivity index (χ1) is 10.8. The van der Waals surface area contributed by atoms with Crippen LogP contribution in [0.5, 0.6) is 0 Å². The SMILES string of the molecule is Cn1cncc1CN1CCC(c2c[nH]c3cccnc23)CC1. The molecule has 1 saturated heterocycles. The van der Waals surface area contributed by atoms with Gasteiger partial charge in [0.05, 0.1) is 23.1 Å². The van der Waals surface area contributed by atoms with Gasteiger partial charge in [-0.1, -0.05) is 0 Å². The van der Waals surface area contributed by atoms with Gasteiger partial charge in [-0.3, -0.25) is 9.88 Å². The number of likely N-dealkylation sites (tertiary alicyclic amines) is 1. The summed E-state index contributed by atoms with van der Waals surface area (Å²) >= 11 is 0. The van der Waals surface area contributed by atoms with E-state index in [2.05, 4.69) is 43.7 Å². The predicted molar refractivity (Wildman–Crippen MR) is 86.6 cm³/mol. The fourth-order valence-corrected chi connectivity index (χ4v) is 3.46. The minimum absolute atomic E-state index is 0.617. The lowest BCUT2D eigenvalue weighted by molar-refractivity contribution is 0.201. The summed E-state index contributed by atoms with van der Waals surface area (Å²) in [5.74, 6) is 0.617. The lowest BCUT2D eigenvalue weighted by atomic mass is 9.90. The number of aromatic nitrogens is 4. The van der Waals surface area contributed by atoms with Gasteiger partial charge in [-0.15, -0.1) is 0 Å². The zero-order valence-electron chi connectivity index (χ0n) is 12.9. The summed E-state index contributed by atoms with van der Waals surface area (Å²) in [4.78, 5) is 14.6. The third-order valence-corrected chi connectivity index (χ3v) is 4.79. The predicted octanol–water partition coefficient (Wildman–Crippen LogP) is 2.68. The number of hydrogen-bond donors (Lipinski definition) is 1. The Morgan fingerprint density at radius 2 is 2.18 bits per heavy atom. The second-order valence-electron chi connectivity index (χ2n) is 6.19. The van der Waals surface area contributed by atoms with Gasteiger partial charge in [0.25, 0.3) is 0 Å². The molecule has 1 aliphatic rings. The normalized spacial score (nSPS) is 17.3. The van der Waals surface area contributed by atoms with E-state index in [1.54, 1.807) is 0 Å². The second-order valence-corrected chi connectivity index (χ2v) is 6.19. The molecule has 1 aliphatic heterocycles. The number of nitrogens with one attached hydrogen (secondary N) is 1. The van der Waals surface area contributed by atoms with Crippen LogP contribution in [-0.2, 0) is 13.6 Å². The fourth-order valence-electron chi connectivity index (χ4n) is 3.46. The van der Waals surface area contributed by atoms with Crippen LogP contribution in [0.15, 0.2) is 37.1 Å². The molecule has 3 aromatic rings. The van der Waals surface area contributed by atoms with Gasteiger partial charge in [-0.05, 0) is 49.5 Å². The fraction of sp³-hybridized carbons (Fsp3) is 0.412.